The number of rotatable bonds is 4. The third kappa shape index (κ3) is 2.97. The Bertz CT molecular complexity index is 379. The maximum Gasteiger partial charge on any atom is 0.236 e. The Balaban J connectivity index is 1.75. The van der Waals surface area contributed by atoms with E-state index in [1.54, 1.807) is 19.0 Å². The SMILES string of the molecule is CN(C)C(=O)CNCC1Cc2ccccc2O1. The van der Waals surface area contributed by atoms with Gasteiger partial charge in [-0.1, -0.05) is 18.2 Å². The van der Waals surface area contributed by atoms with Gasteiger partial charge in [0.1, 0.15) is 11.9 Å². The molecule has 4 heteroatoms. The molecule has 0 aliphatic carbocycles. The fourth-order valence-electron chi connectivity index (χ4n) is 1.87. The topological polar surface area (TPSA) is 41.6 Å². The quantitative estimate of drug-likeness (QED) is 0.832. The van der Waals surface area contributed by atoms with Crippen molar-refractivity contribution in [3.05, 3.63) is 29.8 Å². The van der Waals surface area contributed by atoms with E-state index in [1.807, 2.05) is 18.2 Å². The van der Waals surface area contributed by atoms with E-state index in [9.17, 15) is 4.79 Å². The van der Waals surface area contributed by atoms with Crippen LogP contribution in [0.4, 0.5) is 0 Å². The van der Waals surface area contributed by atoms with Crippen LogP contribution in [0.25, 0.3) is 0 Å². The first-order valence-electron chi connectivity index (χ1n) is 5.82. The van der Waals surface area contributed by atoms with Gasteiger partial charge in [-0.3, -0.25) is 4.79 Å². The van der Waals surface area contributed by atoms with Gasteiger partial charge in [0.05, 0.1) is 6.54 Å². The van der Waals surface area contributed by atoms with E-state index in [-0.39, 0.29) is 12.0 Å². The summed E-state index contributed by atoms with van der Waals surface area (Å²) in [6.07, 6.45) is 1.06. The van der Waals surface area contributed by atoms with E-state index in [4.69, 9.17) is 4.74 Å². The number of nitrogens with one attached hydrogen (secondary N) is 1. The summed E-state index contributed by atoms with van der Waals surface area (Å²) in [6, 6.07) is 8.07. The molecule has 1 aromatic carbocycles. The van der Waals surface area contributed by atoms with E-state index in [0.29, 0.717) is 13.1 Å². The van der Waals surface area contributed by atoms with Gasteiger partial charge in [0, 0.05) is 27.1 Å². The lowest BCUT2D eigenvalue weighted by molar-refractivity contribution is -0.127. The zero-order valence-corrected chi connectivity index (χ0v) is 10.3. The second-order valence-corrected chi connectivity index (χ2v) is 4.47. The molecule has 0 radical (unpaired) electrons. The van der Waals surface area contributed by atoms with E-state index < -0.39 is 0 Å². The zero-order chi connectivity index (χ0) is 12.3. The van der Waals surface area contributed by atoms with Crippen LogP contribution in [-0.4, -0.2) is 44.1 Å². The second kappa shape index (κ2) is 5.19. The summed E-state index contributed by atoms with van der Waals surface area (Å²) in [4.78, 5) is 12.9. The standard InChI is InChI=1S/C13H18N2O2/c1-15(2)13(16)9-14-8-11-7-10-5-3-4-6-12(10)17-11/h3-6,11,14H,7-9H2,1-2H3. The summed E-state index contributed by atoms with van der Waals surface area (Å²) >= 11 is 0. The number of benzene rings is 1. The number of carbonyl (C=O) groups is 1. The van der Waals surface area contributed by atoms with E-state index in [2.05, 4.69) is 11.4 Å². The van der Waals surface area contributed by atoms with Crippen LogP contribution in [0.1, 0.15) is 5.56 Å². The third-order valence-electron chi connectivity index (χ3n) is 2.86. The molecule has 0 aromatic heterocycles. The molecule has 1 N–H and O–H groups in total. The molecular formula is C13H18N2O2. The molecule has 4 nitrogen and oxygen atoms in total. The van der Waals surface area contributed by atoms with Gasteiger partial charge in [-0.15, -0.1) is 0 Å². The highest BCUT2D eigenvalue weighted by Crippen LogP contribution is 2.27. The molecule has 1 aromatic rings. The number of fused-ring (bicyclic) bond motifs is 1. The van der Waals surface area contributed by atoms with Crippen LogP contribution in [0.5, 0.6) is 5.75 Å². The van der Waals surface area contributed by atoms with Crippen LogP contribution in [-0.2, 0) is 11.2 Å². The van der Waals surface area contributed by atoms with Crippen LogP contribution < -0.4 is 10.1 Å². The normalized spacial score (nSPS) is 17.4. The Labute approximate surface area is 102 Å². The Morgan fingerprint density at radius 2 is 2.24 bits per heavy atom. The molecule has 1 unspecified atom stereocenters. The summed E-state index contributed by atoms with van der Waals surface area (Å²) in [7, 11) is 3.51. The molecule has 0 saturated heterocycles. The summed E-state index contributed by atoms with van der Waals surface area (Å²) in [5.41, 5.74) is 1.25. The average molecular weight is 234 g/mol. The van der Waals surface area contributed by atoms with Crippen LogP contribution in [0.15, 0.2) is 24.3 Å². The molecule has 2 rings (SSSR count). The maximum atomic E-state index is 11.4. The number of amides is 1. The van der Waals surface area contributed by atoms with Crippen molar-refractivity contribution in [3.8, 4) is 5.75 Å². The molecule has 0 bridgehead atoms. The van der Waals surface area contributed by atoms with Gasteiger partial charge in [-0.05, 0) is 11.6 Å². The zero-order valence-electron chi connectivity index (χ0n) is 10.3. The minimum Gasteiger partial charge on any atom is -0.488 e. The Morgan fingerprint density at radius 1 is 1.47 bits per heavy atom. The first kappa shape index (κ1) is 11.9. The van der Waals surface area contributed by atoms with Crippen molar-refractivity contribution in [1.29, 1.82) is 0 Å². The van der Waals surface area contributed by atoms with Gasteiger partial charge in [-0.25, -0.2) is 0 Å². The highest BCUT2D eigenvalue weighted by Gasteiger charge is 2.21. The number of ether oxygens (including phenoxy) is 1. The van der Waals surface area contributed by atoms with Gasteiger partial charge in [0.25, 0.3) is 0 Å². The van der Waals surface area contributed by atoms with E-state index in [0.717, 1.165) is 12.2 Å². The smallest absolute Gasteiger partial charge is 0.236 e. The van der Waals surface area contributed by atoms with Gasteiger partial charge in [0.15, 0.2) is 0 Å². The minimum atomic E-state index is 0.0838. The molecule has 17 heavy (non-hydrogen) atoms. The van der Waals surface area contributed by atoms with Gasteiger partial charge >= 0.3 is 0 Å². The van der Waals surface area contributed by atoms with E-state index in [1.165, 1.54) is 5.56 Å². The Morgan fingerprint density at radius 3 is 2.94 bits per heavy atom. The van der Waals surface area contributed by atoms with Gasteiger partial charge < -0.3 is 15.0 Å². The molecule has 0 fully saturated rings. The van der Waals surface area contributed by atoms with Crippen molar-refractivity contribution in [2.45, 2.75) is 12.5 Å². The van der Waals surface area contributed by atoms with Crippen LogP contribution in [0.2, 0.25) is 0 Å². The summed E-state index contributed by atoms with van der Waals surface area (Å²) in [5, 5.41) is 3.13. The summed E-state index contributed by atoms with van der Waals surface area (Å²) < 4.78 is 5.76. The molecule has 1 amide bonds. The molecule has 1 aliphatic heterocycles. The Hall–Kier alpha value is -1.55. The van der Waals surface area contributed by atoms with Crippen molar-refractivity contribution < 1.29 is 9.53 Å². The van der Waals surface area contributed by atoms with Crippen LogP contribution in [0, 0.1) is 0 Å². The summed E-state index contributed by atoms with van der Waals surface area (Å²) in [6.45, 7) is 1.07. The van der Waals surface area contributed by atoms with Gasteiger partial charge in [-0.2, -0.15) is 0 Å². The number of hydrogen-bond acceptors (Lipinski definition) is 3. The number of para-hydroxylation sites is 1. The predicted octanol–water partition coefficient (Wildman–Crippen LogP) is 0.668. The Kier molecular flexibility index (Phi) is 3.64. The maximum absolute atomic E-state index is 11.4. The molecule has 0 saturated carbocycles. The fourth-order valence-corrected chi connectivity index (χ4v) is 1.87. The third-order valence-corrected chi connectivity index (χ3v) is 2.86. The van der Waals surface area contributed by atoms with Crippen LogP contribution >= 0.6 is 0 Å². The van der Waals surface area contributed by atoms with Crippen LogP contribution in [0.3, 0.4) is 0 Å². The predicted molar refractivity (Wildman–Crippen MR) is 66.1 cm³/mol. The van der Waals surface area contributed by atoms with E-state index >= 15 is 0 Å². The number of carbonyl (C=O) groups excluding carboxylic acids is 1. The minimum absolute atomic E-state index is 0.0838. The molecule has 1 heterocycles. The number of nitrogens with zero attached hydrogens (tertiary/aromatic N) is 1. The second-order valence-electron chi connectivity index (χ2n) is 4.47. The van der Waals surface area contributed by atoms with Crippen molar-refractivity contribution in [2.24, 2.45) is 0 Å². The monoisotopic (exact) mass is 234 g/mol. The fraction of sp³-hybridized carbons (Fsp3) is 0.462. The molecule has 92 valence electrons. The highest BCUT2D eigenvalue weighted by molar-refractivity contribution is 5.77. The lowest BCUT2D eigenvalue weighted by atomic mass is 10.1. The molecule has 1 atom stereocenters. The lowest BCUT2D eigenvalue weighted by Crippen LogP contribution is -2.37. The molecular weight excluding hydrogens is 216 g/mol. The van der Waals surface area contributed by atoms with Crippen molar-refractivity contribution in [3.63, 3.8) is 0 Å². The molecule has 0 spiro atoms. The lowest BCUT2D eigenvalue weighted by Gasteiger charge is -2.14. The summed E-state index contributed by atoms with van der Waals surface area (Å²) in [5.74, 6) is 1.05. The van der Waals surface area contributed by atoms with Gasteiger partial charge in [0.2, 0.25) is 5.91 Å². The van der Waals surface area contributed by atoms with Crippen molar-refractivity contribution >= 4 is 5.91 Å². The first-order valence-corrected chi connectivity index (χ1v) is 5.82. The van der Waals surface area contributed by atoms with Crippen molar-refractivity contribution in [1.82, 2.24) is 10.2 Å². The first-order chi connectivity index (χ1) is 8.16. The average Bonchev–Trinajstić information content (AvgIpc) is 2.71. The number of likely N-dealkylation sites (N-methyl/N-ethyl adjacent to an activating group) is 1. The number of hydrogen-bond donors (Lipinski definition) is 1. The highest BCUT2D eigenvalue weighted by atomic mass is 16.5. The largest absolute Gasteiger partial charge is 0.488 e. The van der Waals surface area contributed by atoms with Crippen molar-refractivity contribution in [2.75, 3.05) is 27.2 Å². The molecule has 1 aliphatic rings.